The third-order valence-electron chi connectivity index (χ3n) is 3.86. The van der Waals surface area contributed by atoms with Crippen molar-refractivity contribution in [3.63, 3.8) is 0 Å². The molecule has 3 rings (SSSR count). The molecule has 1 fully saturated rings. The van der Waals surface area contributed by atoms with Gasteiger partial charge in [0.1, 0.15) is 0 Å². The smallest absolute Gasteiger partial charge is 0.211 e. The summed E-state index contributed by atoms with van der Waals surface area (Å²) < 4.78 is 26.7. The maximum Gasteiger partial charge on any atom is 0.211 e. The van der Waals surface area contributed by atoms with Gasteiger partial charge in [0.25, 0.3) is 0 Å². The minimum Gasteiger partial charge on any atom is -0.307 e. The predicted octanol–water partition coefficient (Wildman–Crippen LogP) is 0.597. The molecule has 1 aromatic heterocycles. The Balaban J connectivity index is 1.59. The molecule has 1 saturated heterocycles. The van der Waals surface area contributed by atoms with Gasteiger partial charge in [-0.15, -0.1) is 0 Å². The summed E-state index contributed by atoms with van der Waals surface area (Å²) in [6.07, 6.45) is 1.27. The van der Waals surface area contributed by atoms with E-state index in [0.717, 1.165) is 29.4 Å². The lowest BCUT2D eigenvalue weighted by Gasteiger charge is -2.25. The summed E-state index contributed by atoms with van der Waals surface area (Å²) in [7, 11) is -3.12. The Bertz CT molecular complexity index is 609. The van der Waals surface area contributed by atoms with Crippen molar-refractivity contribution < 1.29 is 8.42 Å². The minimum atomic E-state index is -3.12. The number of hydrogen-bond donors (Lipinski definition) is 1. The Morgan fingerprint density at radius 1 is 1.32 bits per heavy atom. The number of nitrogens with one attached hydrogen (secondary N) is 1. The molecule has 9 heteroatoms. The zero-order chi connectivity index (χ0) is 15.6. The fraction of sp³-hybridized carbons (Fsp3) is 0.769. The summed E-state index contributed by atoms with van der Waals surface area (Å²) in [5, 5.41) is 8.17. The van der Waals surface area contributed by atoms with Crippen LogP contribution in [0.4, 0.5) is 0 Å². The maximum atomic E-state index is 11.6. The molecule has 0 bridgehead atoms. The number of nitrogens with zero attached hydrogens (tertiary/aromatic N) is 3. The van der Waals surface area contributed by atoms with Gasteiger partial charge >= 0.3 is 0 Å². The van der Waals surface area contributed by atoms with Gasteiger partial charge in [-0.1, -0.05) is 0 Å². The Morgan fingerprint density at radius 3 is 2.73 bits per heavy atom. The first-order chi connectivity index (χ1) is 10.5. The molecule has 0 aromatic carbocycles. The van der Waals surface area contributed by atoms with Crippen molar-refractivity contribution in [2.24, 2.45) is 0 Å². The lowest BCUT2D eigenvalue weighted by atomic mass is 10.3. The van der Waals surface area contributed by atoms with Gasteiger partial charge in [-0.3, -0.25) is 4.68 Å². The molecule has 22 heavy (non-hydrogen) atoms. The molecular weight excluding hydrogens is 340 g/mol. The Morgan fingerprint density at radius 2 is 2.05 bits per heavy atom. The molecule has 0 spiro atoms. The van der Waals surface area contributed by atoms with Crippen LogP contribution in [-0.2, 0) is 29.7 Å². The molecule has 124 valence electrons. The van der Waals surface area contributed by atoms with Gasteiger partial charge in [0.05, 0.1) is 30.7 Å². The molecule has 2 aliphatic heterocycles. The molecule has 1 N–H and O–H groups in total. The normalized spacial score (nSPS) is 21.5. The van der Waals surface area contributed by atoms with Gasteiger partial charge in [-0.2, -0.15) is 32.9 Å². The van der Waals surface area contributed by atoms with Gasteiger partial charge in [-0.05, 0) is 6.07 Å². The molecule has 0 aliphatic carbocycles. The molecule has 0 atom stereocenters. The molecule has 0 amide bonds. The molecular formula is C13H22N4O2S3. The van der Waals surface area contributed by atoms with Crippen molar-refractivity contribution in [2.45, 2.75) is 25.7 Å². The molecule has 6 nitrogen and oxygen atoms in total. The number of rotatable bonds is 4. The number of hydrogen-bond acceptors (Lipinski definition) is 6. The average Bonchev–Trinajstić information content (AvgIpc) is 2.69. The Kier molecular flexibility index (Phi) is 5.39. The van der Waals surface area contributed by atoms with Crippen LogP contribution in [0.15, 0.2) is 6.07 Å². The van der Waals surface area contributed by atoms with E-state index in [1.807, 2.05) is 34.3 Å². The number of aromatic nitrogens is 2. The predicted molar refractivity (Wildman–Crippen MR) is 92.8 cm³/mol. The van der Waals surface area contributed by atoms with Crippen LogP contribution in [0.5, 0.6) is 0 Å². The second kappa shape index (κ2) is 7.12. The molecule has 0 saturated carbocycles. The zero-order valence-corrected chi connectivity index (χ0v) is 15.1. The minimum absolute atomic E-state index is 0.432. The number of sulfonamides is 1. The lowest BCUT2D eigenvalue weighted by molar-refractivity contribution is 0.328. The highest BCUT2D eigenvalue weighted by Gasteiger charge is 2.24. The van der Waals surface area contributed by atoms with Gasteiger partial charge < -0.3 is 5.32 Å². The van der Waals surface area contributed by atoms with Crippen LogP contribution >= 0.6 is 23.5 Å². The van der Waals surface area contributed by atoms with E-state index >= 15 is 0 Å². The summed E-state index contributed by atoms with van der Waals surface area (Å²) in [5.74, 6) is 4.79. The van der Waals surface area contributed by atoms with E-state index in [0.29, 0.717) is 25.7 Å². The highest BCUT2D eigenvalue weighted by atomic mass is 32.2. The van der Waals surface area contributed by atoms with Crippen molar-refractivity contribution in [3.8, 4) is 0 Å². The van der Waals surface area contributed by atoms with E-state index in [1.165, 1.54) is 22.1 Å². The van der Waals surface area contributed by atoms with Crippen molar-refractivity contribution in [1.82, 2.24) is 19.4 Å². The van der Waals surface area contributed by atoms with Crippen LogP contribution in [0.3, 0.4) is 0 Å². The highest BCUT2D eigenvalue weighted by Crippen LogP contribution is 2.18. The summed E-state index contributed by atoms with van der Waals surface area (Å²) in [5.41, 5.74) is 1.99. The van der Waals surface area contributed by atoms with Crippen LogP contribution in [0.1, 0.15) is 11.4 Å². The van der Waals surface area contributed by atoms with E-state index in [9.17, 15) is 8.42 Å². The largest absolute Gasteiger partial charge is 0.307 e. The topological polar surface area (TPSA) is 67.2 Å². The van der Waals surface area contributed by atoms with Crippen LogP contribution in [-0.4, -0.2) is 64.4 Å². The molecule has 0 radical (unpaired) electrons. The second-order valence-corrected chi connectivity index (χ2v) is 9.96. The quantitative estimate of drug-likeness (QED) is 0.846. The third kappa shape index (κ3) is 4.19. The zero-order valence-electron chi connectivity index (χ0n) is 12.7. The second-order valence-electron chi connectivity index (χ2n) is 5.67. The van der Waals surface area contributed by atoms with Gasteiger partial charge in [0.2, 0.25) is 10.0 Å². The van der Waals surface area contributed by atoms with Crippen LogP contribution < -0.4 is 5.32 Å². The van der Waals surface area contributed by atoms with E-state index in [-0.39, 0.29) is 0 Å². The standard InChI is InChI=1S/C13H22N4O2S3/c1-22(18,19)16-2-3-17-13(8-16)6-11(15-17)7-14-12-9-20-4-5-21-10-12/h6,12,14H,2-5,7-10H2,1H3. The van der Waals surface area contributed by atoms with Gasteiger partial charge in [-0.25, -0.2) is 8.42 Å². The third-order valence-corrected chi connectivity index (χ3v) is 7.63. The van der Waals surface area contributed by atoms with Crippen molar-refractivity contribution in [1.29, 1.82) is 0 Å². The Hall–Kier alpha value is -0.220. The average molecular weight is 363 g/mol. The highest BCUT2D eigenvalue weighted by molar-refractivity contribution is 8.03. The van der Waals surface area contributed by atoms with Gasteiger partial charge in [0.15, 0.2) is 0 Å². The lowest BCUT2D eigenvalue weighted by Crippen LogP contribution is -2.37. The van der Waals surface area contributed by atoms with Crippen LogP contribution in [0, 0.1) is 0 Å². The van der Waals surface area contributed by atoms with Gasteiger partial charge in [0, 0.05) is 42.1 Å². The van der Waals surface area contributed by atoms with Crippen molar-refractivity contribution in [3.05, 3.63) is 17.5 Å². The van der Waals surface area contributed by atoms with E-state index in [2.05, 4.69) is 10.4 Å². The maximum absolute atomic E-state index is 11.6. The fourth-order valence-electron chi connectivity index (χ4n) is 2.66. The van der Waals surface area contributed by atoms with Crippen molar-refractivity contribution >= 4 is 33.5 Å². The Labute approximate surface area is 140 Å². The van der Waals surface area contributed by atoms with E-state index in [4.69, 9.17) is 0 Å². The van der Waals surface area contributed by atoms with Crippen molar-refractivity contribution in [2.75, 3.05) is 35.8 Å². The first kappa shape index (κ1) is 16.6. The van der Waals surface area contributed by atoms with Crippen LogP contribution in [0.2, 0.25) is 0 Å². The number of fused-ring (bicyclic) bond motifs is 1. The summed E-state index contributed by atoms with van der Waals surface area (Å²) in [6, 6.07) is 2.56. The molecule has 1 aromatic rings. The fourth-order valence-corrected chi connectivity index (χ4v) is 5.90. The van der Waals surface area contributed by atoms with Crippen LogP contribution in [0.25, 0.3) is 0 Å². The van der Waals surface area contributed by atoms with E-state index in [1.54, 1.807) is 0 Å². The first-order valence-electron chi connectivity index (χ1n) is 7.42. The molecule has 2 aliphatic rings. The monoisotopic (exact) mass is 362 g/mol. The van der Waals surface area contributed by atoms with E-state index < -0.39 is 10.0 Å². The first-order valence-corrected chi connectivity index (χ1v) is 11.6. The number of thioether (sulfide) groups is 2. The molecule has 3 heterocycles. The molecule has 0 unspecified atom stereocenters. The SMILES string of the molecule is CS(=O)(=O)N1CCn2nc(CNC3CSCCSC3)cc2C1. The summed E-state index contributed by atoms with van der Waals surface area (Å²) in [4.78, 5) is 0. The summed E-state index contributed by atoms with van der Waals surface area (Å²) in [6.45, 7) is 2.33. The summed E-state index contributed by atoms with van der Waals surface area (Å²) >= 11 is 4.01.